The van der Waals surface area contributed by atoms with E-state index < -0.39 is 0 Å². The highest BCUT2D eigenvalue weighted by atomic mass is 35.5. The highest BCUT2D eigenvalue weighted by Crippen LogP contribution is 2.21. The Hall–Kier alpha value is -1.98. The molecule has 0 unspecified atom stereocenters. The lowest BCUT2D eigenvalue weighted by atomic mass is 10.1. The molecule has 0 radical (unpaired) electrons. The standard InChI is InChI=1S/C15H13ClN2/c1-11-5-4-8-15(13(11)9-17)18-10-12-6-2-3-7-14(12)16/h2-8,18H,10H2,1H3. The van der Waals surface area contributed by atoms with Crippen LogP contribution in [0.2, 0.25) is 5.02 Å². The van der Waals surface area contributed by atoms with Crippen molar-refractivity contribution in [3.63, 3.8) is 0 Å². The third kappa shape index (κ3) is 2.64. The number of hydrogen-bond acceptors (Lipinski definition) is 2. The zero-order chi connectivity index (χ0) is 13.0. The fraction of sp³-hybridized carbons (Fsp3) is 0.133. The third-order valence-electron chi connectivity index (χ3n) is 2.81. The maximum atomic E-state index is 9.13. The van der Waals surface area contributed by atoms with Gasteiger partial charge in [0.15, 0.2) is 0 Å². The summed E-state index contributed by atoms with van der Waals surface area (Å²) in [7, 11) is 0. The second-order valence-electron chi connectivity index (χ2n) is 4.05. The average molecular weight is 257 g/mol. The first-order valence-corrected chi connectivity index (χ1v) is 6.07. The van der Waals surface area contributed by atoms with E-state index in [1.54, 1.807) is 0 Å². The molecule has 0 fully saturated rings. The Morgan fingerprint density at radius 1 is 1.17 bits per heavy atom. The van der Waals surface area contributed by atoms with Gasteiger partial charge in [-0.15, -0.1) is 0 Å². The lowest BCUT2D eigenvalue weighted by Crippen LogP contribution is -2.02. The zero-order valence-corrected chi connectivity index (χ0v) is 10.8. The van der Waals surface area contributed by atoms with Crippen molar-refractivity contribution in [3.8, 4) is 6.07 Å². The van der Waals surface area contributed by atoms with Gasteiger partial charge in [-0.1, -0.05) is 41.9 Å². The van der Waals surface area contributed by atoms with Gasteiger partial charge < -0.3 is 5.32 Å². The summed E-state index contributed by atoms with van der Waals surface area (Å²) in [5, 5.41) is 13.1. The Morgan fingerprint density at radius 2 is 1.94 bits per heavy atom. The Labute approximate surface area is 112 Å². The first kappa shape index (κ1) is 12.5. The van der Waals surface area contributed by atoms with Crippen LogP contribution in [0.4, 0.5) is 5.69 Å². The number of benzene rings is 2. The first-order chi connectivity index (χ1) is 8.72. The van der Waals surface area contributed by atoms with Crippen molar-refractivity contribution in [3.05, 3.63) is 64.2 Å². The van der Waals surface area contributed by atoms with Gasteiger partial charge in [0.05, 0.1) is 11.3 Å². The molecule has 0 aliphatic carbocycles. The molecule has 0 aromatic heterocycles. The van der Waals surface area contributed by atoms with Gasteiger partial charge in [-0.3, -0.25) is 0 Å². The van der Waals surface area contributed by atoms with Crippen molar-refractivity contribution >= 4 is 17.3 Å². The minimum atomic E-state index is 0.609. The molecular formula is C15H13ClN2. The largest absolute Gasteiger partial charge is 0.380 e. The molecule has 0 saturated heterocycles. The molecule has 0 atom stereocenters. The fourth-order valence-corrected chi connectivity index (χ4v) is 2.00. The molecule has 0 bridgehead atoms. The van der Waals surface area contributed by atoms with E-state index in [0.29, 0.717) is 12.1 Å². The summed E-state index contributed by atoms with van der Waals surface area (Å²) in [6.07, 6.45) is 0. The highest BCUT2D eigenvalue weighted by molar-refractivity contribution is 6.31. The molecule has 18 heavy (non-hydrogen) atoms. The molecule has 2 aromatic carbocycles. The van der Waals surface area contributed by atoms with Crippen LogP contribution >= 0.6 is 11.6 Å². The summed E-state index contributed by atoms with van der Waals surface area (Å²) >= 11 is 6.09. The third-order valence-corrected chi connectivity index (χ3v) is 3.18. The van der Waals surface area contributed by atoms with E-state index in [0.717, 1.165) is 21.8 Å². The van der Waals surface area contributed by atoms with Gasteiger partial charge in [0.2, 0.25) is 0 Å². The van der Waals surface area contributed by atoms with Crippen molar-refractivity contribution in [1.29, 1.82) is 5.26 Å². The number of rotatable bonds is 3. The van der Waals surface area contributed by atoms with Gasteiger partial charge >= 0.3 is 0 Å². The Kier molecular flexibility index (Phi) is 3.86. The van der Waals surface area contributed by atoms with E-state index in [2.05, 4.69) is 11.4 Å². The topological polar surface area (TPSA) is 35.8 Å². The Bertz CT molecular complexity index is 600. The second kappa shape index (κ2) is 5.57. The van der Waals surface area contributed by atoms with E-state index >= 15 is 0 Å². The van der Waals surface area contributed by atoms with Crippen molar-refractivity contribution in [2.45, 2.75) is 13.5 Å². The van der Waals surface area contributed by atoms with Crippen molar-refractivity contribution < 1.29 is 0 Å². The van der Waals surface area contributed by atoms with Gasteiger partial charge in [-0.05, 0) is 30.2 Å². The molecule has 2 aromatic rings. The number of nitriles is 1. The zero-order valence-electron chi connectivity index (χ0n) is 10.1. The predicted octanol–water partition coefficient (Wildman–Crippen LogP) is 4.13. The monoisotopic (exact) mass is 256 g/mol. The van der Waals surface area contributed by atoms with Gasteiger partial charge in [-0.25, -0.2) is 0 Å². The van der Waals surface area contributed by atoms with E-state index in [9.17, 15) is 0 Å². The molecular weight excluding hydrogens is 244 g/mol. The van der Waals surface area contributed by atoms with Crippen LogP contribution < -0.4 is 5.32 Å². The molecule has 3 heteroatoms. The molecule has 2 rings (SSSR count). The van der Waals surface area contributed by atoms with Crippen LogP contribution in [0.5, 0.6) is 0 Å². The summed E-state index contributed by atoms with van der Waals surface area (Å²) < 4.78 is 0. The van der Waals surface area contributed by atoms with E-state index in [4.69, 9.17) is 16.9 Å². The number of nitrogens with one attached hydrogen (secondary N) is 1. The van der Waals surface area contributed by atoms with Crippen LogP contribution in [0.25, 0.3) is 0 Å². The van der Waals surface area contributed by atoms with Gasteiger partial charge in [0.1, 0.15) is 6.07 Å². The smallest absolute Gasteiger partial charge is 0.102 e. The summed E-state index contributed by atoms with van der Waals surface area (Å²) in [5.74, 6) is 0. The van der Waals surface area contributed by atoms with Crippen LogP contribution in [0, 0.1) is 18.3 Å². The van der Waals surface area contributed by atoms with E-state index in [-0.39, 0.29) is 0 Å². The maximum Gasteiger partial charge on any atom is 0.102 e. The quantitative estimate of drug-likeness (QED) is 0.896. The minimum absolute atomic E-state index is 0.609. The molecule has 0 amide bonds. The van der Waals surface area contributed by atoms with Crippen molar-refractivity contribution in [2.24, 2.45) is 0 Å². The van der Waals surface area contributed by atoms with Gasteiger partial charge in [-0.2, -0.15) is 5.26 Å². The van der Waals surface area contributed by atoms with Gasteiger partial charge in [0, 0.05) is 11.6 Å². The minimum Gasteiger partial charge on any atom is -0.380 e. The van der Waals surface area contributed by atoms with Crippen LogP contribution in [0.3, 0.4) is 0 Å². The molecule has 90 valence electrons. The first-order valence-electron chi connectivity index (χ1n) is 5.69. The Balaban J connectivity index is 2.19. The summed E-state index contributed by atoms with van der Waals surface area (Å²) in [6.45, 7) is 2.54. The normalized spacial score (nSPS) is 9.83. The predicted molar refractivity (Wildman–Crippen MR) is 74.7 cm³/mol. The molecule has 1 N–H and O–H groups in total. The Morgan fingerprint density at radius 3 is 2.67 bits per heavy atom. The van der Waals surface area contributed by atoms with Gasteiger partial charge in [0.25, 0.3) is 0 Å². The van der Waals surface area contributed by atoms with Crippen LogP contribution in [0.15, 0.2) is 42.5 Å². The lowest BCUT2D eigenvalue weighted by Gasteiger charge is -2.10. The van der Waals surface area contributed by atoms with Crippen LogP contribution in [-0.4, -0.2) is 0 Å². The highest BCUT2D eigenvalue weighted by Gasteiger charge is 2.05. The molecule has 0 aliphatic heterocycles. The van der Waals surface area contributed by atoms with Crippen LogP contribution in [0.1, 0.15) is 16.7 Å². The second-order valence-corrected chi connectivity index (χ2v) is 4.46. The average Bonchev–Trinajstić information content (AvgIpc) is 2.38. The molecule has 0 aliphatic rings. The summed E-state index contributed by atoms with van der Waals surface area (Å²) in [4.78, 5) is 0. The van der Waals surface area contributed by atoms with E-state index in [1.807, 2.05) is 49.4 Å². The maximum absolute atomic E-state index is 9.13. The number of nitrogens with zero attached hydrogens (tertiary/aromatic N) is 1. The number of aryl methyl sites for hydroxylation is 1. The lowest BCUT2D eigenvalue weighted by molar-refractivity contribution is 1.14. The van der Waals surface area contributed by atoms with Crippen molar-refractivity contribution in [1.82, 2.24) is 0 Å². The summed E-state index contributed by atoms with van der Waals surface area (Å²) in [6, 6.07) is 15.7. The number of halogens is 1. The SMILES string of the molecule is Cc1cccc(NCc2ccccc2Cl)c1C#N. The fourth-order valence-electron chi connectivity index (χ4n) is 1.80. The van der Waals surface area contributed by atoms with Crippen molar-refractivity contribution in [2.75, 3.05) is 5.32 Å². The number of hydrogen-bond donors (Lipinski definition) is 1. The van der Waals surface area contributed by atoms with E-state index in [1.165, 1.54) is 0 Å². The van der Waals surface area contributed by atoms with Crippen LogP contribution in [-0.2, 0) is 6.54 Å². The molecule has 0 saturated carbocycles. The molecule has 0 spiro atoms. The molecule has 0 heterocycles. The molecule has 2 nitrogen and oxygen atoms in total. The number of anilines is 1. The summed E-state index contributed by atoms with van der Waals surface area (Å²) in [5.41, 5.74) is 3.52.